The maximum atomic E-state index is 6.38. The first kappa shape index (κ1) is 22.0. The highest BCUT2D eigenvalue weighted by Gasteiger charge is 2.33. The van der Waals surface area contributed by atoms with E-state index in [1.807, 2.05) is 0 Å². The van der Waals surface area contributed by atoms with Crippen LogP contribution >= 0.6 is 0 Å². The van der Waals surface area contributed by atoms with E-state index in [2.05, 4.69) is 27.7 Å². The average molecular weight is 338 g/mol. The zero-order valence-corrected chi connectivity index (χ0v) is 17.5. The molecular formula is C23H47N. The van der Waals surface area contributed by atoms with E-state index in [-0.39, 0.29) is 0 Å². The van der Waals surface area contributed by atoms with Crippen LogP contribution in [0.15, 0.2) is 0 Å². The van der Waals surface area contributed by atoms with Crippen LogP contribution in [0.25, 0.3) is 0 Å². The highest BCUT2D eigenvalue weighted by molar-refractivity contribution is 4.86. The van der Waals surface area contributed by atoms with E-state index in [1.165, 1.54) is 103 Å². The Kier molecular flexibility index (Phi) is 10.6. The Morgan fingerprint density at radius 2 is 1.42 bits per heavy atom. The average Bonchev–Trinajstić information content (AvgIpc) is 2.53. The summed E-state index contributed by atoms with van der Waals surface area (Å²) in [6, 6.07) is 0.428. The highest BCUT2D eigenvalue weighted by Crippen LogP contribution is 2.45. The smallest absolute Gasteiger partial charge is 0.00439 e. The summed E-state index contributed by atoms with van der Waals surface area (Å²) in [6.45, 7) is 9.59. The normalized spacial score (nSPS) is 28.6. The van der Waals surface area contributed by atoms with Crippen LogP contribution < -0.4 is 5.73 Å². The number of hydrogen-bond acceptors (Lipinski definition) is 1. The number of hydrogen-bond donors (Lipinski definition) is 1. The molecule has 2 atom stereocenters. The molecule has 0 aromatic heterocycles. The Morgan fingerprint density at radius 3 is 2.08 bits per heavy atom. The van der Waals surface area contributed by atoms with Crippen molar-refractivity contribution < 1.29 is 0 Å². The molecule has 1 heteroatoms. The predicted molar refractivity (Wildman–Crippen MR) is 109 cm³/mol. The van der Waals surface area contributed by atoms with E-state index < -0.39 is 0 Å². The van der Waals surface area contributed by atoms with Crippen LogP contribution in [0.3, 0.4) is 0 Å². The van der Waals surface area contributed by atoms with Crippen LogP contribution in [0.4, 0.5) is 0 Å². The van der Waals surface area contributed by atoms with Crippen molar-refractivity contribution in [3.8, 4) is 0 Å². The third-order valence-electron chi connectivity index (χ3n) is 6.55. The van der Waals surface area contributed by atoms with Gasteiger partial charge >= 0.3 is 0 Å². The Balaban J connectivity index is 2.73. The molecule has 0 radical (unpaired) electrons. The van der Waals surface area contributed by atoms with Crippen LogP contribution in [0, 0.1) is 10.8 Å². The van der Waals surface area contributed by atoms with Crippen molar-refractivity contribution >= 4 is 0 Å². The van der Waals surface area contributed by atoms with Crippen molar-refractivity contribution in [2.24, 2.45) is 16.6 Å². The molecule has 0 bridgehead atoms. The fraction of sp³-hybridized carbons (Fsp3) is 1.00. The summed E-state index contributed by atoms with van der Waals surface area (Å²) in [7, 11) is 0. The second-order valence-electron chi connectivity index (χ2n) is 9.64. The van der Waals surface area contributed by atoms with Crippen LogP contribution in [0.2, 0.25) is 0 Å². The van der Waals surface area contributed by atoms with Gasteiger partial charge in [0, 0.05) is 6.04 Å². The van der Waals surface area contributed by atoms with Crippen LogP contribution in [0.5, 0.6) is 0 Å². The van der Waals surface area contributed by atoms with Crippen LogP contribution in [-0.4, -0.2) is 6.04 Å². The molecule has 24 heavy (non-hydrogen) atoms. The molecule has 144 valence electrons. The standard InChI is InChI=1S/C23H47N/c1-5-7-9-12-16-23(15-11-8-6-2)17-13-10-14-21(24)20-22(3,4)18-19-23/h21H,5-20,24H2,1-4H3. The van der Waals surface area contributed by atoms with Crippen molar-refractivity contribution in [1.82, 2.24) is 0 Å². The van der Waals surface area contributed by atoms with Gasteiger partial charge in [-0.25, -0.2) is 0 Å². The minimum absolute atomic E-state index is 0.427. The molecule has 0 aromatic carbocycles. The van der Waals surface area contributed by atoms with Gasteiger partial charge in [-0.1, -0.05) is 85.5 Å². The zero-order valence-electron chi connectivity index (χ0n) is 17.5. The first-order valence-electron chi connectivity index (χ1n) is 11.2. The number of unbranched alkanes of at least 4 members (excludes halogenated alkanes) is 5. The predicted octanol–water partition coefficient (Wildman–Crippen LogP) is 7.62. The van der Waals surface area contributed by atoms with Gasteiger partial charge in [-0.2, -0.15) is 0 Å². The Bertz CT molecular complexity index is 305. The molecule has 1 rings (SSSR count). The summed E-state index contributed by atoms with van der Waals surface area (Å²) in [5, 5.41) is 0. The largest absolute Gasteiger partial charge is 0.328 e. The molecule has 1 saturated carbocycles. The van der Waals surface area contributed by atoms with Gasteiger partial charge in [0.2, 0.25) is 0 Å². The van der Waals surface area contributed by atoms with E-state index in [9.17, 15) is 0 Å². The number of rotatable bonds is 9. The topological polar surface area (TPSA) is 26.0 Å². The Labute approximate surface area is 153 Å². The fourth-order valence-corrected chi connectivity index (χ4v) is 4.85. The van der Waals surface area contributed by atoms with Crippen molar-refractivity contribution in [3.05, 3.63) is 0 Å². The third kappa shape index (κ3) is 8.88. The highest BCUT2D eigenvalue weighted by atomic mass is 14.6. The molecule has 1 aliphatic carbocycles. The first-order chi connectivity index (χ1) is 11.4. The van der Waals surface area contributed by atoms with Crippen molar-refractivity contribution in [2.75, 3.05) is 0 Å². The van der Waals surface area contributed by atoms with Gasteiger partial charge in [0.1, 0.15) is 0 Å². The maximum absolute atomic E-state index is 6.38. The lowest BCUT2D eigenvalue weighted by molar-refractivity contribution is 0.130. The maximum Gasteiger partial charge on any atom is 0.00439 e. The summed E-state index contributed by atoms with van der Waals surface area (Å²) >= 11 is 0. The zero-order chi connectivity index (χ0) is 17.9. The van der Waals surface area contributed by atoms with Gasteiger partial charge in [0.15, 0.2) is 0 Å². The number of nitrogens with two attached hydrogens (primary N) is 1. The molecule has 0 aliphatic heterocycles. The Morgan fingerprint density at radius 1 is 0.792 bits per heavy atom. The van der Waals surface area contributed by atoms with E-state index in [0.717, 1.165) is 0 Å². The molecular weight excluding hydrogens is 290 g/mol. The molecule has 0 amide bonds. The van der Waals surface area contributed by atoms with Crippen LogP contribution in [-0.2, 0) is 0 Å². The lowest BCUT2D eigenvalue weighted by Gasteiger charge is -2.40. The minimum Gasteiger partial charge on any atom is -0.328 e. The van der Waals surface area contributed by atoms with E-state index in [4.69, 9.17) is 5.73 Å². The third-order valence-corrected chi connectivity index (χ3v) is 6.55. The molecule has 2 unspecified atom stereocenters. The molecule has 0 heterocycles. The lowest BCUT2D eigenvalue weighted by Crippen LogP contribution is -2.31. The fourth-order valence-electron chi connectivity index (χ4n) is 4.85. The summed E-state index contributed by atoms with van der Waals surface area (Å²) in [5.74, 6) is 0. The van der Waals surface area contributed by atoms with E-state index >= 15 is 0 Å². The van der Waals surface area contributed by atoms with Crippen molar-refractivity contribution in [1.29, 1.82) is 0 Å². The summed E-state index contributed by atoms with van der Waals surface area (Å²) in [4.78, 5) is 0. The second-order valence-corrected chi connectivity index (χ2v) is 9.64. The minimum atomic E-state index is 0.427. The second kappa shape index (κ2) is 11.6. The molecule has 1 nitrogen and oxygen atoms in total. The molecule has 0 saturated heterocycles. The van der Waals surface area contributed by atoms with Crippen LogP contribution in [0.1, 0.15) is 130 Å². The molecule has 0 aromatic rings. The summed E-state index contributed by atoms with van der Waals surface area (Å²) < 4.78 is 0. The van der Waals surface area contributed by atoms with Crippen molar-refractivity contribution in [2.45, 2.75) is 136 Å². The monoisotopic (exact) mass is 337 g/mol. The molecule has 1 fully saturated rings. The molecule has 0 spiro atoms. The molecule has 2 N–H and O–H groups in total. The summed E-state index contributed by atoms with van der Waals surface area (Å²) in [5.41, 5.74) is 7.45. The Hall–Kier alpha value is -0.0400. The van der Waals surface area contributed by atoms with Gasteiger partial charge in [-0.05, 0) is 55.8 Å². The lowest BCUT2D eigenvalue weighted by atomic mass is 9.66. The quantitative estimate of drug-likeness (QED) is 0.430. The first-order valence-corrected chi connectivity index (χ1v) is 11.2. The van der Waals surface area contributed by atoms with Gasteiger partial charge < -0.3 is 5.73 Å². The van der Waals surface area contributed by atoms with Gasteiger partial charge in [-0.15, -0.1) is 0 Å². The van der Waals surface area contributed by atoms with Gasteiger partial charge in [0.25, 0.3) is 0 Å². The van der Waals surface area contributed by atoms with E-state index in [0.29, 0.717) is 16.9 Å². The molecule has 1 aliphatic rings. The SMILES string of the molecule is CCCCCCC1(CCCCC)CCCCC(N)CC(C)(C)CC1. The van der Waals surface area contributed by atoms with Gasteiger partial charge in [-0.3, -0.25) is 0 Å². The summed E-state index contributed by atoms with van der Waals surface area (Å²) in [6.07, 6.45) is 22.4. The van der Waals surface area contributed by atoms with E-state index in [1.54, 1.807) is 0 Å². The van der Waals surface area contributed by atoms with Crippen molar-refractivity contribution in [3.63, 3.8) is 0 Å². The van der Waals surface area contributed by atoms with Gasteiger partial charge in [0.05, 0.1) is 0 Å².